The maximum absolute atomic E-state index is 11.6. The topological polar surface area (TPSA) is 57.6 Å². The Kier molecular flexibility index (Phi) is 5.46. The van der Waals surface area contributed by atoms with Crippen molar-refractivity contribution < 1.29 is 13.5 Å². The minimum absolute atomic E-state index is 0.210. The van der Waals surface area contributed by atoms with Crippen molar-refractivity contribution in [3.05, 3.63) is 33.8 Å². The molecule has 1 fully saturated rings. The van der Waals surface area contributed by atoms with Crippen LogP contribution in [0.4, 0.5) is 0 Å². The Balaban J connectivity index is 2.06. The van der Waals surface area contributed by atoms with Crippen molar-refractivity contribution in [2.75, 3.05) is 19.3 Å². The third-order valence-electron chi connectivity index (χ3n) is 4.18. The average Bonchev–Trinajstić information content (AvgIpc) is 2.41. The van der Waals surface area contributed by atoms with E-state index in [1.807, 2.05) is 25.1 Å². The van der Waals surface area contributed by atoms with Crippen LogP contribution in [0, 0.1) is 12.8 Å². The van der Waals surface area contributed by atoms with Gasteiger partial charge in [-0.1, -0.05) is 28.1 Å². The van der Waals surface area contributed by atoms with Crippen molar-refractivity contribution in [1.82, 2.24) is 4.31 Å². The summed E-state index contributed by atoms with van der Waals surface area (Å²) in [6.45, 7) is 3.09. The molecule has 0 aliphatic carbocycles. The molecule has 2 atom stereocenters. The molecule has 2 rings (SSSR count). The molecule has 4 nitrogen and oxygen atoms in total. The molecule has 1 aromatic carbocycles. The van der Waals surface area contributed by atoms with Crippen molar-refractivity contribution in [2.45, 2.75) is 32.3 Å². The predicted octanol–water partition coefficient (Wildman–Crippen LogP) is 2.85. The Morgan fingerprint density at radius 2 is 2.19 bits per heavy atom. The lowest BCUT2D eigenvalue weighted by molar-refractivity contribution is 0.122. The van der Waals surface area contributed by atoms with Gasteiger partial charge in [-0.3, -0.25) is 0 Å². The molecular weight excluding hydrogens is 354 g/mol. The smallest absolute Gasteiger partial charge is 0.211 e. The molecule has 1 aliphatic heterocycles. The summed E-state index contributed by atoms with van der Waals surface area (Å²) in [5.41, 5.74) is 1.96. The highest BCUT2D eigenvalue weighted by atomic mass is 79.9. The lowest BCUT2D eigenvalue weighted by Crippen LogP contribution is -2.39. The third kappa shape index (κ3) is 4.28. The second-order valence-electron chi connectivity index (χ2n) is 5.83. The molecule has 0 saturated carbocycles. The first kappa shape index (κ1) is 16.9. The number of aliphatic hydroxyl groups is 1. The largest absolute Gasteiger partial charge is 0.388 e. The van der Waals surface area contributed by atoms with E-state index in [1.165, 1.54) is 10.6 Å². The lowest BCUT2D eigenvalue weighted by atomic mass is 9.90. The zero-order chi connectivity index (χ0) is 15.6. The summed E-state index contributed by atoms with van der Waals surface area (Å²) in [7, 11) is -3.13. The van der Waals surface area contributed by atoms with E-state index in [0.29, 0.717) is 19.5 Å². The first-order chi connectivity index (χ1) is 9.79. The highest BCUT2D eigenvalue weighted by Gasteiger charge is 2.28. The van der Waals surface area contributed by atoms with Crippen LogP contribution in [0.3, 0.4) is 0 Å². The molecular formula is C15H22BrNO3S. The Bertz CT molecular complexity index is 603. The van der Waals surface area contributed by atoms with Gasteiger partial charge < -0.3 is 5.11 Å². The monoisotopic (exact) mass is 375 g/mol. The van der Waals surface area contributed by atoms with E-state index in [2.05, 4.69) is 15.9 Å². The molecule has 0 bridgehead atoms. The van der Waals surface area contributed by atoms with Gasteiger partial charge in [-0.25, -0.2) is 12.7 Å². The van der Waals surface area contributed by atoms with Gasteiger partial charge in [0.1, 0.15) is 0 Å². The van der Waals surface area contributed by atoms with E-state index >= 15 is 0 Å². The van der Waals surface area contributed by atoms with E-state index < -0.39 is 16.1 Å². The van der Waals surface area contributed by atoms with Gasteiger partial charge in [0, 0.05) is 17.6 Å². The molecule has 0 spiro atoms. The van der Waals surface area contributed by atoms with Crippen LogP contribution in [0.2, 0.25) is 0 Å². The number of hydrogen-bond donors (Lipinski definition) is 1. The van der Waals surface area contributed by atoms with Crippen molar-refractivity contribution >= 4 is 26.0 Å². The third-order valence-corrected chi connectivity index (χ3v) is 6.30. The number of piperidine rings is 1. The van der Waals surface area contributed by atoms with Crippen LogP contribution in [0.1, 0.15) is 36.5 Å². The number of nitrogens with zero attached hydrogens (tertiary/aromatic N) is 1. The van der Waals surface area contributed by atoms with Gasteiger partial charge in [0.2, 0.25) is 10.0 Å². The van der Waals surface area contributed by atoms with E-state index in [-0.39, 0.29) is 5.92 Å². The van der Waals surface area contributed by atoms with Gasteiger partial charge in [-0.05, 0) is 49.3 Å². The molecule has 118 valence electrons. The molecule has 1 heterocycles. The average molecular weight is 376 g/mol. The summed E-state index contributed by atoms with van der Waals surface area (Å²) in [5, 5.41) is 10.5. The van der Waals surface area contributed by atoms with Crippen LogP contribution in [-0.4, -0.2) is 37.2 Å². The molecule has 0 amide bonds. The summed E-state index contributed by atoms with van der Waals surface area (Å²) in [4.78, 5) is 0. The Morgan fingerprint density at radius 3 is 2.86 bits per heavy atom. The predicted molar refractivity (Wildman–Crippen MR) is 87.6 cm³/mol. The Hall–Kier alpha value is -0.430. The van der Waals surface area contributed by atoms with Crippen LogP contribution in [0.15, 0.2) is 22.7 Å². The van der Waals surface area contributed by atoms with Crippen LogP contribution in [-0.2, 0) is 10.0 Å². The number of rotatable bonds is 4. The van der Waals surface area contributed by atoms with Crippen LogP contribution < -0.4 is 0 Å². The fourth-order valence-electron chi connectivity index (χ4n) is 2.95. The fourth-order valence-corrected chi connectivity index (χ4v) is 4.27. The number of sulfonamides is 1. The molecule has 0 radical (unpaired) electrons. The normalized spacial score (nSPS) is 22.2. The van der Waals surface area contributed by atoms with Gasteiger partial charge in [0.15, 0.2) is 0 Å². The van der Waals surface area contributed by atoms with Crippen molar-refractivity contribution in [1.29, 1.82) is 0 Å². The van der Waals surface area contributed by atoms with Gasteiger partial charge >= 0.3 is 0 Å². The number of hydrogen-bond acceptors (Lipinski definition) is 3. The van der Waals surface area contributed by atoms with Crippen molar-refractivity contribution in [2.24, 2.45) is 5.92 Å². The number of halogens is 1. The second-order valence-corrected chi connectivity index (χ2v) is 8.67. The van der Waals surface area contributed by atoms with E-state index in [0.717, 1.165) is 28.4 Å². The SMILES string of the molecule is Cc1c(Br)cccc1C(O)CC1CCCN(S(C)(=O)=O)C1. The highest BCUT2D eigenvalue weighted by molar-refractivity contribution is 9.10. The Morgan fingerprint density at radius 1 is 1.48 bits per heavy atom. The van der Waals surface area contributed by atoms with E-state index in [4.69, 9.17) is 0 Å². The maximum Gasteiger partial charge on any atom is 0.211 e. The maximum atomic E-state index is 11.6. The number of benzene rings is 1. The van der Waals surface area contributed by atoms with Crippen LogP contribution in [0.25, 0.3) is 0 Å². The fraction of sp³-hybridized carbons (Fsp3) is 0.600. The zero-order valence-corrected chi connectivity index (χ0v) is 14.8. The molecule has 0 aromatic heterocycles. The molecule has 1 aliphatic rings. The standard InChI is InChI=1S/C15H22BrNO3S/c1-11-13(6-3-7-14(11)16)15(18)9-12-5-4-8-17(10-12)21(2,19)20/h3,6-7,12,15,18H,4-5,8-10H2,1-2H3. The Labute approximate surface area is 135 Å². The quantitative estimate of drug-likeness (QED) is 0.879. The summed E-state index contributed by atoms with van der Waals surface area (Å²) in [6.07, 6.45) is 3.14. The highest BCUT2D eigenvalue weighted by Crippen LogP contribution is 2.31. The van der Waals surface area contributed by atoms with Crippen molar-refractivity contribution in [3.63, 3.8) is 0 Å². The zero-order valence-electron chi connectivity index (χ0n) is 12.4. The molecule has 1 saturated heterocycles. The van der Waals surface area contributed by atoms with Gasteiger partial charge in [0.05, 0.1) is 12.4 Å². The minimum atomic E-state index is -3.13. The van der Waals surface area contributed by atoms with Gasteiger partial charge in [-0.15, -0.1) is 0 Å². The van der Waals surface area contributed by atoms with Gasteiger partial charge in [0.25, 0.3) is 0 Å². The van der Waals surface area contributed by atoms with Crippen LogP contribution in [0.5, 0.6) is 0 Å². The summed E-state index contributed by atoms with van der Waals surface area (Å²) in [5.74, 6) is 0.210. The lowest BCUT2D eigenvalue weighted by Gasteiger charge is -2.32. The minimum Gasteiger partial charge on any atom is -0.388 e. The molecule has 1 N–H and O–H groups in total. The summed E-state index contributed by atoms with van der Waals surface area (Å²) >= 11 is 3.48. The van der Waals surface area contributed by atoms with Crippen LogP contribution >= 0.6 is 15.9 Å². The molecule has 21 heavy (non-hydrogen) atoms. The second kappa shape index (κ2) is 6.77. The van der Waals surface area contributed by atoms with E-state index in [1.54, 1.807) is 0 Å². The first-order valence-corrected chi connectivity index (χ1v) is 9.81. The molecule has 6 heteroatoms. The molecule has 2 unspecified atom stereocenters. The number of aliphatic hydroxyl groups excluding tert-OH is 1. The van der Waals surface area contributed by atoms with Gasteiger partial charge in [-0.2, -0.15) is 0 Å². The van der Waals surface area contributed by atoms with Crippen molar-refractivity contribution in [3.8, 4) is 0 Å². The summed E-state index contributed by atoms with van der Waals surface area (Å²) in [6, 6.07) is 5.80. The summed E-state index contributed by atoms with van der Waals surface area (Å²) < 4.78 is 25.8. The molecule has 1 aromatic rings. The van der Waals surface area contributed by atoms with E-state index in [9.17, 15) is 13.5 Å². The first-order valence-electron chi connectivity index (χ1n) is 7.17.